The lowest BCUT2D eigenvalue weighted by molar-refractivity contribution is -0.142. The lowest BCUT2D eigenvalue weighted by atomic mass is 10.1. The average molecular weight is 403 g/mol. The summed E-state index contributed by atoms with van der Waals surface area (Å²) in [5.41, 5.74) is 0.791. The molecule has 1 atom stereocenters. The Morgan fingerprint density at radius 1 is 1.25 bits per heavy atom. The molecule has 1 fully saturated rings. The number of rotatable bonds is 3. The number of thiazole rings is 1. The molecule has 0 spiro atoms. The van der Waals surface area contributed by atoms with Gasteiger partial charge in [-0.3, -0.25) is 14.6 Å². The third kappa shape index (κ3) is 4.30. The number of aliphatic carboxylic acids is 1. The molecule has 9 heteroatoms. The summed E-state index contributed by atoms with van der Waals surface area (Å²) in [7, 11) is 0. The van der Waals surface area contributed by atoms with Gasteiger partial charge < -0.3 is 9.84 Å². The summed E-state index contributed by atoms with van der Waals surface area (Å²) in [4.78, 5) is 43.5. The number of carboxylic acid groups (broad SMARTS) is 1. The maximum Gasteiger partial charge on any atom is 0.410 e. The van der Waals surface area contributed by atoms with E-state index in [1.54, 1.807) is 26.2 Å². The largest absolute Gasteiger partial charge is 0.480 e. The first-order valence-electron chi connectivity index (χ1n) is 8.69. The zero-order valence-electron chi connectivity index (χ0n) is 15.8. The van der Waals surface area contributed by atoms with Crippen molar-refractivity contribution in [1.29, 1.82) is 0 Å². The Kier molecular flexibility index (Phi) is 5.37. The molecule has 1 aliphatic rings. The van der Waals surface area contributed by atoms with Gasteiger partial charge in [0.25, 0.3) is 0 Å². The molecule has 2 amide bonds. The summed E-state index contributed by atoms with van der Waals surface area (Å²) in [5.74, 6) is -1.73. The Balaban J connectivity index is 1.84. The van der Waals surface area contributed by atoms with Gasteiger partial charge in [-0.15, -0.1) is 11.3 Å². The van der Waals surface area contributed by atoms with E-state index in [4.69, 9.17) is 4.74 Å². The van der Waals surface area contributed by atoms with Crippen LogP contribution in [0.25, 0.3) is 11.3 Å². The Hall–Kier alpha value is -2.94. The molecular weight excluding hydrogens is 382 g/mol. The van der Waals surface area contributed by atoms with E-state index in [1.807, 2.05) is 30.3 Å². The summed E-state index contributed by atoms with van der Waals surface area (Å²) >= 11 is 1.19. The number of ether oxygens (including phenoxy) is 1. The number of anilines is 1. The highest BCUT2D eigenvalue weighted by molar-refractivity contribution is 7.14. The fourth-order valence-electron chi connectivity index (χ4n) is 2.78. The van der Waals surface area contributed by atoms with Gasteiger partial charge in [-0.2, -0.15) is 0 Å². The highest BCUT2D eigenvalue weighted by atomic mass is 32.1. The normalized spacial score (nSPS) is 17.5. The lowest BCUT2D eigenvalue weighted by Crippen LogP contribution is -2.61. The van der Waals surface area contributed by atoms with Crippen molar-refractivity contribution in [3.05, 3.63) is 35.7 Å². The summed E-state index contributed by atoms with van der Waals surface area (Å²) in [6.45, 7) is 4.68. The van der Waals surface area contributed by atoms with E-state index in [1.165, 1.54) is 11.3 Å². The Bertz CT molecular complexity index is 890. The van der Waals surface area contributed by atoms with Crippen LogP contribution in [-0.2, 0) is 14.3 Å². The highest BCUT2D eigenvalue weighted by Gasteiger charge is 2.42. The number of hydrogen-bond acceptors (Lipinski definition) is 6. The van der Waals surface area contributed by atoms with Crippen LogP contribution in [0, 0.1) is 0 Å². The van der Waals surface area contributed by atoms with Crippen LogP contribution in [0.2, 0.25) is 0 Å². The minimum absolute atomic E-state index is 0.170. The summed E-state index contributed by atoms with van der Waals surface area (Å²) in [5, 5.41) is 11.7. The summed E-state index contributed by atoms with van der Waals surface area (Å²) in [6.07, 6.45) is -0.712. The molecule has 28 heavy (non-hydrogen) atoms. The van der Waals surface area contributed by atoms with Crippen LogP contribution in [0.1, 0.15) is 20.8 Å². The summed E-state index contributed by atoms with van der Waals surface area (Å²) < 4.78 is 5.27. The van der Waals surface area contributed by atoms with E-state index in [-0.39, 0.29) is 13.1 Å². The van der Waals surface area contributed by atoms with Crippen molar-refractivity contribution in [2.45, 2.75) is 32.4 Å². The molecule has 2 aromatic rings. The molecule has 1 aromatic carbocycles. The Morgan fingerprint density at radius 2 is 1.93 bits per heavy atom. The molecule has 0 bridgehead atoms. The van der Waals surface area contributed by atoms with E-state index < -0.39 is 29.6 Å². The van der Waals surface area contributed by atoms with E-state index in [2.05, 4.69) is 4.98 Å². The monoisotopic (exact) mass is 403 g/mol. The Labute approximate surface area is 166 Å². The van der Waals surface area contributed by atoms with Crippen LogP contribution < -0.4 is 4.90 Å². The maximum atomic E-state index is 12.7. The molecule has 1 aromatic heterocycles. The van der Waals surface area contributed by atoms with Gasteiger partial charge in [0.05, 0.1) is 12.2 Å². The average Bonchev–Trinajstić information content (AvgIpc) is 3.09. The first-order valence-corrected chi connectivity index (χ1v) is 9.57. The third-order valence-electron chi connectivity index (χ3n) is 4.00. The van der Waals surface area contributed by atoms with Gasteiger partial charge in [0.15, 0.2) is 11.2 Å². The number of hydrogen-bond donors (Lipinski definition) is 1. The van der Waals surface area contributed by atoms with Crippen LogP contribution >= 0.6 is 11.3 Å². The van der Waals surface area contributed by atoms with E-state index >= 15 is 0 Å². The smallest absolute Gasteiger partial charge is 0.410 e. The van der Waals surface area contributed by atoms with Gasteiger partial charge in [-0.25, -0.2) is 14.6 Å². The molecule has 0 saturated carbocycles. The van der Waals surface area contributed by atoms with Gasteiger partial charge in [0, 0.05) is 10.9 Å². The van der Waals surface area contributed by atoms with Crippen LogP contribution in [-0.4, -0.2) is 57.7 Å². The fraction of sp³-hybridized carbons (Fsp3) is 0.368. The van der Waals surface area contributed by atoms with Gasteiger partial charge in [-0.05, 0) is 20.8 Å². The third-order valence-corrected chi connectivity index (χ3v) is 4.84. The highest BCUT2D eigenvalue weighted by Crippen LogP contribution is 2.30. The van der Waals surface area contributed by atoms with Crippen molar-refractivity contribution in [2.24, 2.45) is 0 Å². The van der Waals surface area contributed by atoms with Crippen molar-refractivity contribution in [2.75, 3.05) is 18.0 Å². The van der Waals surface area contributed by atoms with Crippen LogP contribution in [0.3, 0.4) is 0 Å². The molecular formula is C19H21N3O5S. The quantitative estimate of drug-likeness (QED) is 0.846. The van der Waals surface area contributed by atoms with E-state index in [9.17, 15) is 19.5 Å². The fourth-order valence-corrected chi connectivity index (χ4v) is 3.68. The van der Waals surface area contributed by atoms with E-state index in [0.717, 1.165) is 15.4 Å². The van der Waals surface area contributed by atoms with Gasteiger partial charge in [-0.1, -0.05) is 30.3 Å². The number of carbonyl (C=O) groups excluding carboxylic acids is 2. The predicted molar refractivity (Wildman–Crippen MR) is 104 cm³/mol. The molecule has 1 aliphatic heterocycles. The van der Waals surface area contributed by atoms with Crippen molar-refractivity contribution >= 4 is 34.4 Å². The zero-order chi connectivity index (χ0) is 20.5. The summed E-state index contributed by atoms with van der Waals surface area (Å²) in [6, 6.07) is 8.17. The molecule has 0 radical (unpaired) electrons. The molecule has 1 N–H and O–H groups in total. The lowest BCUT2D eigenvalue weighted by Gasteiger charge is -2.37. The number of benzene rings is 1. The van der Waals surface area contributed by atoms with Crippen LogP contribution in [0.4, 0.5) is 9.93 Å². The van der Waals surface area contributed by atoms with E-state index in [0.29, 0.717) is 10.8 Å². The first kappa shape index (κ1) is 19.8. The topological polar surface area (TPSA) is 100 Å². The number of nitrogens with zero attached hydrogens (tertiary/aromatic N) is 3. The number of amides is 2. The molecule has 0 aliphatic carbocycles. The number of carbonyl (C=O) groups is 3. The standard InChI is InChI=1S/C19H21N3O5S/c1-19(2,3)27-18(26)21-9-14(16(24)25)22(15(23)10-21)17-20-13(11-28-17)12-7-5-4-6-8-12/h4-8,11,14H,9-10H2,1-3H3,(H,24,25). The molecule has 148 valence electrons. The number of piperazine rings is 1. The molecule has 1 saturated heterocycles. The minimum atomic E-state index is -1.23. The molecule has 2 heterocycles. The zero-order valence-corrected chi connectivity index (χ0v) is 16.6. The number of aromatic nitrogens is 1. The van der Waals surface area contributed by atoms with Crippen molar-refractivity contribution in [1.82, 2.24) is 9.88 Å². The van der Waals surface area contributed by atoms with Crippen LogP contribution in [0.5, 0.6) is 0 Å². The molecule has 1 unspecified atom stereocenters. The van der Waals surface area contributed by atoms with Crippen molar-refractivity contribution in [3.8, 4) is 11.3 Å². The second-order valence-corrected chi connectivity index (χ2v) is 8.20. The van der Waals surface area contributed by atoms with Gasteiger partial charge in [0.2, 0.25) is 5.91 Å². The van der Waals surface area contributed by atoms with Gasteiger partial charge >= 0.3 is 12.1 Å². The number of carboxylic acids is 1. The molecule has 8 nitrogen and oxygen atoms in total. The second-order valence-electron chi connectivity index (χ2n) is 7.36. The molecule has 3 rings (SSSR count). The SMILES string of the molecule is CC(C)(C)OC(=O)N1CC(=O)N(c2nc(-c3ccccc3)cs2)C(C(=O)O)C1. The van der Waals surface area contributed by atoms with Crippen molar-refractivity contribution in [3.63, 3.8) is 0 Å². The van der Waals surface area contributed by atoms with Crippen LogP contribution in [0.15, 0.2) is 35.7 Å². The Morgan fingerprint density at radius 3 is 2.54 bits per heavy atom. The second kappa shape index (κ2) is 7.59. The minimum Gasteiger partial charge on any atom is -0.480 e. The first-order chi connectivity index (χ1) is 13.2. The predicted octanol–water partition coefficient (Wildman–Crippen LogP) is 2.85. The van der Waals surface area contributed by atoms with Gasteiger partial charge in [0.1, 0.15) is 12.1 Å². The maximum absolute atomic E-state index is 12.7. The van der Waals surface area contributed by atoms with Crippen molar-refractivity contribution < 1.29 is 24.2 Å².